The number of benzene rings is 20. The summed E-state index contributed by atoms with van der Waals surface area (Å²) in [4.78, 5) is 0. The Balaban J connectivity index is 0.0000000829. The minimum Gasteiger partial charge on any atom is -0.315 e. The monoisotopic (exact) mass is 1920 g/mol. The lowest BCUT2D eigenvalue weighted by Gasteiger charge is -2.12. The van der Waals surface area contributed by atoms with Gasteiger partial charge in [-0.25, -0.2) is 0 Å². The molecule has 648 valence electrons. The highest BCUT2D eigenvalue weighted by Crippen LogP contribution is 2.54. The number of thiophene rings is 8. The van der Waals surface area contributed by atoms with Crippen molar-refractivity contribution in [2.45, 2.75) is 0 Å². The van der Waals surface area contributed by atoms with E-state index in [4.69, 9.17) is 0 Å². The fourth-order valence-corrected chi connectivity index (χ4v) is 33.5. The molecule has 0 spiro atoms. The second-order valence-electron chi connectivity index (χ2n) is 37.4. The van der Waals surface area contributed by atoms with E-state index in [0.717, 1.165) is 0 Å². The molecule has 0 aliphatic heterocycles. The highest BCUT2D eigenvalue weighted by atomic mass is 32.1. The van der Waals surface area contributed by atoms with Crippen molar-refractivity contribution in [3.63, 3.8) is 0 Å². The molecule has 0 bridgehead atoms. The average molecular weight is 1920 g/mol. The molecule has 0 aliphatic rings. The summed E-state index contributed by atoms with van der Waals surface area (Å²) in [7, 11) is 0. The normalized spacial score (nSPS) is 12.6. The van der Waals surface area contributed by atoms with Crippen LogP contribution >= 0.6 is 90.7 Å². The number of pyridine rings is 4. The van der Waals surface area contributed by atoms with E-state index < -0.39 is 0 Å². The second kappa shape index (κ2) is 29.0. The van der Waals surface area contributed by atoms with Crippen LogP contribution in [-0.4, -0.2) is 17.6 Å². The molecule has 4 nitrogen and oxygen atoms in total. The molecule has 16 aromatic heterocycles. The van der Waals surface area contributed by atoms with Crippen molar-refractivity contribution >= 4 is 404 Å². The van der Waals surface area contributed by atoms with E-state index in [9.17, 15) is 0 Å². The molecule has 36 aromatic rings. The van der Waals surface area contributed by atoms with E-state index in [1.165, 1.54) is 313 Å². The molecule has 20 aromatic carbocycles. The van der Waals surface area contributed by atoms with E-state index >= 15 is 0 Å². The third-order valence-corrected chi connectivity index (χ3v) is 39.4. The van der Waals surface area contributed by atoms with Gasteiger partial charge in [0.1, 0.15) is 0 Å². The highest BCUT2D eigenvalue weighted by Gasteiger charge is 2.27. The van der Waals surface area contributed by atoms with E-state index in [1.807, 2.05) is 90.7 Å². The van der Waals surface area contributed by atoms with Crippen molar-refractivity contribution in [3.8, 4) is 0 Å². The number of fused-ring (bicyclic) bond motifs is 60. The van der Waals surface area contributed by atoms with Gasteiger partial charge in [-0.1, -0.05) is 285 Å². The van der Waals surface area contributed by atoms with Gasteiger partial charge in [0, 0.05) is 258 Å². The predicted octanol–water partition coefficient (Wildman–Crippen LogP) is 40.5. The van der Waals surface area contributed by atoms with Crippen LogP contribution in [-0.2, 0) is 0 Å². The smallest absolute Gasteiger partial charge is 0.0714 e. The first-order valence-electron chi connectivity index (χ1n) is 47.4. The van der Waals surface area contributed by atoms with E-state index in [1.54, 1.807) is 0 Å². The fraction of sp³-hybridized carbons (Fsp3) is 0. The van der Waals surface area contributed by atoms with Gasteiger partial charge in [0.2, 0.25) is 0 Å². The molecule has 0 amide bonds. The molecule has 36 rings (SSSR count). The van der Waals surface area contributed by atoms with E-state index in [-0.39, 0.29) is 0 Å². The van der Waals surface area contributed by atoms with Gasteiger partial charge >= 0.3 is 0 Å². The Labute approximate surface area is 826 Å². The standard InChI is InChI=1S/4C32H17NS2/c1-2-8-19-18(7-1)17-33-30(19)26-15-25-21-10-4-5-11-27(21)34-29(25)16-24(26)22-13-14-23-20-9-3-6-12-28(20)35-32(23)31(22)33;1-2-8-19-18(7-1)17-33-30(19)26-16-29-25(21-10-4-5-11-27(21)34-29)15-24(26)22-13-14-23-20-9-3-6-12-28(20)35-32(23)31(22)33;1-2-8-19-18(7-1)17-33-27-16-31-25(21-10-4-6-12-29(21)35-31)14-23(27)22-13-24-20-9-3-5-11-28(20)34-30(24)15-26(22)32(19)33;1-2-8-19-18(7-1)17-33-30(19)29-21(15-16-27-28(29)24-10-4-6-12-26(24)34-27)22-13-14-23-20-9-3-5-11-25(20)35-32(23)31(22)33/h4*1-17H. The summed E-state index contributed by atoms with van der Waals surface area (Å²) in [5, 5.41) is 48.1. The van der Waals surface area contributed by atoms with Crippen LogP contribution in [0.25, 0.3) is 313 Å². The molecule has 12 heteroatoms. The van der Waals surface area contributed by atoms with Crippen molar-refractivity contribution in [3.05, 3.63) is 413 Å². The largest absolute Gasteiger partial charge is 0.315 e. The summed E-state index contributed by atoms with van der Waals surface area (Å²) in [5.41, 5.74) is 10.5. The maximum Gasteiger partial charge on any atom is 0.0714 e. The van der Waals surface area contributed by atoms with Gasteiger partial charge < -0.3 is 17.6 Å². The zero-order valence-electron chi connectivity index (χ0n) is 74.3. The first-order valence-corrected chi connectivity index (χ1v) is 54.0. The van der Waals surface area contributed by atoms with Gasteiger partial charge in [0.05, 0.1) is 58.2 Å². The third kappa shape index (κ3) is 10.8. The third-order valence-electron chi connectivity index (χ3n) is 30.2. The number of aromatic nitrogens is 4. The zero-order valence-corrected chi connectivity index (χ0v) is 80.8. The first kappa shape index (κ1) is 77.4. The van der Waals surface area contributed by atoms with Gasteiger partial charge in [0.15, 0.2) is 0 Å². The minimum absolute atomic E-state index is 1.28. The van der Waals surface area contributed by atoms with Crippen LogP contribution in [0.2, 0.25) is 0 Å². The molecule has 0 fully saturated rings. The molecule has 0 atom stereocenters. The van der Waals surface area contributed by atoms with Gasteiger partial charge in [-0.2, -0.15) is 0 Å². The summed E-state index contributed by atoms with van der Waals surface area (Å²) >= 11 is 15.2. The van der Waals surface area contributed by atoms with Crippen LogP contribution in [0, 0.1) is 0 Å². The van der Waals surface area contributed by atoms with Crippen molar-refractivity contribution in [2.75, 3.05) is 0 Å². The van der Waals surface area contributed by atoms with Gasteiger partial charge in [0.25, 0.3) is 0 Å². The molecule has 16 heterocycles. The summed E-state index contributed by atoms with van der Waals surface area (Å²) in [6, 6.07) is 144. The van der Waals surface area contributed by atoms with Crippen LogP contribution in [0.5, 0.6) is 0 Å². The molecule has 0 radical (unpaired) electrons. The van der Waals surface area contributed by atoms with Crippen LogP contribution < -0.4 is 0 Å². The predicted molar refractivity (Wildman–Crippen MR) is 623 cm³/mol. The molecule has 0 aliphatic carbocycles. The average Bonchev–Trinajstić information content (AvgIpc) is 1.64. The number of nitrogens with zero attached hydrogens (tertiary/aromatic N) is 4. The quantitative estimate of drug-likeness (QED) is 0.135. The Morgan fingerprint density at radius 3 is 0.779 bits per heavy atom. The maximum atomic E-state index is 2.49. The van der Waals surface area contributed by atoms with Gasteiger partial charge in [-0.05, 0) is 125 Å². The lowest BCUT2D eigenvalue weighted by Crippen LogP contribution is -1.90. The molecule has 0 saturated carbocycles. The highest BCUT2D eigenvalue weighted by molar-refractivity contribution is 7.29. The topological polar surface area (TPSA) is 17.6 Å². The lowest BCUT2D eigenvalue weighted by atomic mass is 9.98. The Kier molecular flexibility index (Phi) is 16.0. The summed E-state index contributed by atoms with van der Waals surface area (Å²) in [6.45, 7) is 0. The number of hydrogen-bond donors (Lipinski definition) is 0. The Hall–Kier alpha value is -15.7. The van der Waals surface area contributed by atoms with Crippen LogP contribution in [0.15, 0.2) is 413 Å². The molecular weight excluding hydrogens is 1850 g/mol. The van der Waals surface area contributed by atoms with Crippen molar-refractivity contribution in [2.24, 2.45) is 0 Å². The van der Waals surface area contributed by atoms with Crippen molar-refractivity contribution in [1.29, 1.82) is 0 Å². The Morgan fingerprint density at radius 1 is 0.121 bits per heavy atom. The minimum atomic E-state index is 1.28. The summed E-state index contributed by atoms with van der Waals surface area (Å²) in [6.07, 6.45) is 9.35. The second-order valence-corrected chi connectivity index (χ2v) is 46.0. The van der Waals surface area contributed by atoms with Crippen molar-refractivity contribution in [1.82, 2.24) is 17.6 Å². The van der Waals surface area contributed by atoms with Crippen LogP contribution in [0.1, 0.15) is 0 Å². The number of rotatable bonds is 0. The molecule has 140 heavy (non-hydrogen) atoms. The van der Waals surface area contributed by atoms with Crippen LogP contribution in [0.4, 0.5) is 0 Å². The molecule has 0 saturated heterocycles. The SMILES string of the molecule is c1ccc2c(c1)cn1c2c2cc3c(cc2c2ccc4c5ccccc5sc4c21)sc1ccccc13.c1ccc2c(c1)cn1c2c2cc3sc4ccccc4c3cc2c2ccc3c4ccccc4sc3c21.c1ccc2c(c1)cn1c3c(ccc4c5ccccc5sc43)c3ccc4sc5ccccc5c4c3c21.c1ccc2c(c1)cn1c3cc4sc5ccccc5c4cc3c3cc4c(cc3c21)sc1ccccc14. The molecular formula is C128H68N4S8. The van der Waals surface area contributed by atoms with Gasteiger partial charge in [-0.15, -0.1) is 90.7 Å². The lowest BCUT2D eigenvalue weighted by molar-refractivity contribution is 1.30. The van der Waals surface area contributed by atoms with Crippen LogP contribution in [0.3, 0.4) is 0 Å². The zero-order chi connectivity index (χ0) is 90.7. The van der Waals surface area contributed by atoms with E-state index in [2.05, 4.69) is 431 Å². The number of hydrogen-bond acceptors (Lipinski definition) is 8. The Morgan fingerprint density at radius 2 is 0.371 bits per heavy atom. The molecule has 0 unspecified atom stereocenters. The summed E-state index contributed by atoms with van der Waals surface area (Å²) in [5.74, 6) is 0. The van der Waals surface area contributed by atoms with Gasteiger partial charge in [-0.3, -0.25) is 0 Å². The fourth-order valence-electron chi connectivity index (χ4n) is 24.2. The van der Waals surface area contributed by atoms with Crippen molar-refractivity contribution < 1.29 is 0 Å². The molecule has 0 N–H and O–H groups in total. The van der Waals surface area contributed by atoms with E-state index in [0.29, 0.717) is 0 Å². The summed E-state index contributed by atoms with van der Waals surface area (Å²) < 4.78 is 31.5. The Bertz CT molecular complexity index is 11900. The first-order chi connectivity index (χ1) is 69.4. The maximum absolute atomic E-state index is 2.49.